The van der Waals surface area contributed by atoms with Crippen LogP contribution in [0.2, 0.25) is 0 Å². The summed E-state index contributed by atoms with van der Waals surface area (Å²) in [5, 5.41) is 0. The van der Waals surface area contributed by atoms with Crippen molar-refractivity contribution < 1.29 is 4.79 Å². The normalized spacial score (nSPS) is 11.8. The highest BCUT2D eigenvalue weighted by Gasteiger charge is 2.18. The van der Waals surface area contributed by atoms with Gasteiger partial charge in [0.1, 0.15) is 6.29 Å². The van der Waals surface area contributed by atoms with Crippen molar-refractivity contribution in [2.75, 3.05) is 13.6 Å². The highest BCUT2D eigenvalue weighted by atomic mass is 16.1. The fraction of sp³-hybridized carbons (Fsp3) is 0.500. The van der Waals surface area contributed by atoms with Gasteiger partial charge in [0, 0.05) is 18.5 Å². The van der Waals surface area contributed by atoms with E-state index >= 15 is 0 Å². The van der Waals surface area contributed by atoms with Crippen LogP contribution < -0.4 is 0 Å². The summed E-state index contributed by atoms with van der Waals surface area (Å²) >= 11 is 0. The van der Waals surface area contributed by atoms with Gasteiger partial charge in [-0.05, 0) is 19.5 Å². The average Bonchev–Trinajstić information content (AvgIpc) is 2.21. The largest absolute Gasteiger partial charge is 0.303 e. The van der Waals surface area contributed by atoms with E-state index in [2.05, 4.69) is 36.1 Å². The van der Waals surface area contributed by atoms with E-state index in [0.29, 0.717) is 0 Å². The molecule has 2 heteroatoms. The van der Waals surface area contributed by atoms with Crippen molar-refractivity contribution in [2.45, 2.75) is 27.3 Å². The van der Waals surface area contributed by atoms with E-state index in [1.807, 2.05) is 20.9 Å². The molecule has 0 unspecified atom stereocenters. The molecule has 88 valence electrons. The molecule has 0 N–H and O–H groups in total. The highest BCUT2D eigenvalue weighted by molar-refractivity contribution is 5.58. The summed E-state index contributed by atoms with van der Waals surface area (Å²) in [6, 6.07) is 8.52. The third kappa shape index (κ3) is 4.15. The van der Waals surface area contributed by atoms with Crippen LogP contribution in [0.25, 0.3) is 0 Å². The van der Waals surface area contributed by atoms with Gasteiger partial charge >= 0.3 is 0 Å². The molecule has 1 aromatic rings. The predicted octanol–water partition coefficient (Wildman–Crippen LogP) is 2.65. The van der Waals surface area contributed by atoms with Gasteiger partial charge in [0.25, 0.3) is 0 Å². The lowest BCUT2D eigenvalue weighted by molar-refractivity contribution is -0.115. The topological polar surface area (TPSA) is 20.3 Å². The molecule has 0 fully saturated rings. The zero-order chi connectivity index (χ0) is 12.2. The van der Waals surface area contributed by atoms with Crippen molar-refractivity contribution in [1.82, 2.24) is 4.90 Å². The molecule has 0 amide bonds. The summed E-state index contributed by atoms with van der Waals surface area (Å²) in [5.41, 5.74) is 2.30. The van der Waals surface area contributed by atoms with Crippen molar-refractivity contribution in [3.05, 3.63) is 35.4 Å². The molecule has 0 radical (unpaired) electrons. The quantitative estimate of drug-likeness (QED) is 0.710. The Bertz CT molecular complexity index is 340. The lowest BCUT2D eigenvalue weighted by Gasteiger charge is -2.25. The first-order valence-electron chi connectivity index (χ1n) is 5.63. The van der Waals surface area contributed by atoms with E-state index in [0.717, 1.165) is 19.4 Å². The lowest BCUT2D eigenvalue weighted by Crippen LogP contribution is -2.32. The molecule has 2 nitrogen and oxygen atoms in total. The van der Waals surface area contributed by atoms with E-state index in [9.17, 15) is 4.79 Å². The second-order valence-electron chi connectivity index (χ2n) is 5.26. The number of benzene rings is 1. The number of carbonyl (C=O) groups is 1. The first-order chi connectivity index (χ1) is 7.43. The molecular formula is C14H21NO. The Hall–Kier alpha value is -1.15. The number of aldehydes is 1. The molecular weight excluding hydrogens is 198 g/mol. The molecule has 0 spiro atoms. The SMILES string of the molecule is Cc1ccc(CN(C)CC(C)(C)C=O)cc1. The van der Waals surface area contributed by atoms with Crippen LogP contribution in [0.4, 0.5) is 0 Å². The van der Waals surface area contributed by atoms with Crippen LogP contribution in [0.5, 0.6) is 0 Å². The van der Waals surface area contributed by atoms with E-state index in [1.165, 1.54) is 11.1 Å². The first kappa shape index (κ1) is 12.9. The van der Waals surface area contributed by atoms with Crippen LogP contribution in [-0.2, 0) is 11.3 Å². The second-order valence-corrected chi connectivity index (χ2v) is 5.26. The second kappa shape index (κ2) is 5.26. The number of hydrogen-bond acceptors (Lipinski definition) is 2. The lowest BCUT2D eigenvalue weighted by atomic mass is 9.95. The molecule has 0 aliphatic carbocycles. The summed E-state index contributed by atoms with van der Waals surface area (Å²) in [6.45, 7) is 7.68. The molecule has 0 heterocycles. The number of nitrogens with zero attached hydrogens (tertiary/aromatic N) is 1. The van der Waals surface area contributed by atoms with E-state index in [1.54, 1.807) is 0 Å². The van der Waals surface area contributed by atoms with Gasteiger partial charge in [-0.25, -0.2) is 0 Å². The van der Waals surface area contributed by atoms with Crippen LogP contribution >= 0.6 is 0 Å². The smallest absolute Gasteiger partial charge is 0.126 e. The number of hydrogen-bond donors (Lipinski definition) is 0. The standard InChI is InChI=1S/C14H21NO/c1-12-5-7-13(8-6-12)9-15(4)10-14(2,3)11-16/h5-8,11H,9-10H2,1-4H3. The van der Waals surface area contributed by atoms with Crippen LogP contribution in [0.15, 0.2) is 24.3 Å². The van der Waals surface area contributed by atoms with Gasteiger partial charge in [-0.15, -0.1) is 0 Å². The number of aryl methyl sites for hydroxylation is 1. The van der Waals surface area contributed by atoms with Gasteiger partial charge in [0.05, 0.1) is 0 Å². The Morgan fingerprint density at radius 3 is 2.31 bits per heavy atom. The van der Waals surface area contributed by atoms with E-state index < -0.39 is 0 Å². The maximum atomic E-state index is 10.8. The van der Waals surface area contributed by atoms with Gasteiger partial charge in [-0.1, -0.05) is 43.7 Å². The predicted molar refractivity (Wildman–Crippen MR) is 67.4 cm³/mol. The molecule has 0 saturated carbocycles. The van der Waals surface area contributed by atoms with Crippen LogP contribution in [-0.4, -0.2) is 24.8 Å². The van der Waals surface area contributed by atoms with Crippen molar-refractivity contribution in [3.63, 3.8) is 0 Å². The maximum absolute atomic E-state index is 10.8. The zero-order valence-electron chi connectivity index (χ0n) is 10.7. The van der Waals surface area contributed by atoms with Gasteiger partial charge in [-0.2, -0.15) is 0 Å². The molecule has 0 bridgehead atoms. The van der Waals surface area contributed by atoms with Gasteiger partial charge in [0.15, 0.2) is 0 Å². The molecule has 0 saturated heterocycles. The number of rotatable bonds is 5. The van der Waals surface area contributed by atoms with Crippen LogP contribution in [0, 0.1) is 12.3 Å². The summed E-state index contributed by atoms with van der Waals surface area (Å²) in [4.78, 5) is 13.0. The Morgan fingerprint density at radius 2 is 1.81 bits per heavy atom. The van der Waals surface area contributed by atoms with Gasteiger partial charge < -0.3 is 9.69 Å². The minimum absolute atomic E-state index is 0.264. The maximum Gasteiger partial charge on any atom is 0.126 e. The summed E-state index contributed by atoms with van der Waals surface area (Å²) < 4.78 is 0. The van der Waals surface area contributed by atoms with Crippen molar-refractivity contribution >= 4 is 6.29 Å². The molecule has 1 aromatic carbocycles. The third-order valence-corrected chi connectivity index (χ3v) is 2.57. The van der Waals surface area contributed by atoms with Crippen molar-refractivity contribution in [3.8, 4) is 0 Å². The highest BCUT2D eigenvalue weighted by Crippen LogP contribution is 2.14. The van der Waals surface area contributed by atoms with Crippen molar-refractivity contribution in [1.29, 1.82) is 0 Å². The Balaban J connectivity index is 2.54. The Labute approximate surface area is 98.3 Å². The Kier molecular flexibility index (Phi) is 4.25. The summed E-state index contributed by atoms with van der Waals surface area (Å²) in [5.74, 6) is 0. The Morgan fingerprint density at radius 1 is 1.25 bits per heavy atom. The van der Waals surface area contributed by atoms with Crippen molar-refractivity contribution in [2.24, 2.45) is 5.41 Å². The van der Waals surface area contributed by atoms with E-state index in [4.69, 9.17) is 0 Å². The average molecular weight is 219 g/mol. The molecule has 1 rings (SSSR count). The molecule has 0 aliphatic heterocycles. The number of carbonyl (C=O) groups excluding carboxylic acids is 1. The van der Waals surface area contributed by atoms with Gasteiger partial charge in [0.2, 0.25) is 0 Å². The van der Waals surface area contributed by atoms with Crippen LogP contribution in [0.1, 0.15) is 25.0 Å². The molecule has 0 atom stereocenters. The minimum Gasteiger partial charge on any atom is -0.303 e. The molecule has 0 aromatic heterocycles. The van der Waals surface area contributed by atoms with E-state index in [-0.39, 0.29) is 5.41 Å². The summed E-state index contributed by atoms with van der Waals surface area (Å²) in [7, 11) is 2.05. The first-order valence-corrected chi connectivity index (χ1v) is 5.63. The minimum atomic E-state index is -0.264. The van der Waals surface area contributed by atoms with Crippen LogP contribution in [0.3, 0.4) is 0 Å². The monoisotopic (exact) mass is 219 g/mol. The third-order valence-electron chi connectivity index (χ3n) is 2.57. The summed E-state index contributed by atoms with van der Waals surface area (Å²) in [6.07, 6.45) is 1.03. The molecule has 16 heavy (non-hydrogen) atoms. The van der Waals surface area contributed by atoms with Gasteiger partial charge in [-0.3, -0.25) is 0 Å². The fourth-order valence-corrected chi connectivity index (χ4v) is 1.79. The zero-order valence-corrected chi connectivity index (χ0v) is 10.7. The molecule has 0 aliphatic rings. The fourth-order valence-electron chi connectivity index (χ4n) is 1.79.